The fourth-order valence-corrected chi connectivity index (χ4v) is 8.27. The van der Waals surface area contributed by atoms with E-state index in [0.717, 1.165) is 22.4 Å². The molecule has 0 unspecified atom stereocenters. The molecule has 1 aliphatic heterocycles. The molecule has 0 fully saturated rings. The minimum absolute atomic E-state index is 0.917. The molecule has 0 saturated carbocycles. The van der Waals surface area contributed by atoms with Gasteiger partial charge in [0.1, 0.15) is 11.5 Å². The second-order valence-corrected chi connectivity index (χ2v) is 12.8. The average Bonchev–Trinajstić information content (AvgIpc) is 3.13. The van der Waals surface area contributed by atoms with E-state index in [2.05, 4.69) is 158 Å². The summed E-state index contributed by atoms with van der Waals surface area (Å²) in [5, 5.41) is 15.1. The summed E-state index contributed by atoms with van der Waals surface area (Å²) in [7, 11) is 0. The molecule has 0 bridgehead atoms. The standard InChI is InChI=1S/C46H26O/c1-2-10-35-27(6-1)16-23-41-39-13-5-12-38-34(24-25-42(45(38)39)47-46(35)41)32-19-20-33-31(26-32)9-4-11-36(33)37-21-17-30-15-14-28-7-3-8-29-18-22-40(37)44(30)43(28)29/h1-26H. The SMILES string of the molecule is c1cc(-c2ccc3ccc4cccc5ccc2c3c45)c2ccc(-c3ccc4c5c(cccc35)-c3ccc5ccccc5c3O4)cc2c1. The highest BCUT2D eigenvalue weighted by atomic mass is 16.5. The summed E-state index contributed by atoms with van der Waals surface area (Å²) in [6, 6.07) is 57.9. The van der Waals surface area contributed by atoms with Gasteiger partial charge in [-0.2, -0.15) is 0 Å². The van der Waals surface area contributed by atoms with E-state index in [4.69, 9.17) is 4.74 Å². The van der Waals surface area contributed by atoms with Gasteiger partial charge in [0.2, 0.25) is 0 Å². The van der Waals surface area contributed by atoms with Gasteiger partial charge in [-0.15, -0.1) is 0 Å². The number of hydrogen-bond acceptors (Lipinski definition) is 1. The lowest BCUT2D eigenvalue weighted by Gasteiger charge is -2.24. The lowest BCUT2D eigenvalue weighted by Crippen LogP contribution is -1.98. The van der Waals surface area contributed by atoms with Crippen molar-refractivity contribution in [1.29, 1.82) is 0 Å². The van der Waals surface area contributed by atoms with Crippen LogP contribution < -0.4 is 4.74 Å². The molecular weight excluding hydrogens is 569 g/mol. The van der Waals surface area contributed by atoms with Gasteiger partial charge < -0.3 is 4.74 Å². The third-order valence-electron chi connectivity index (χ3n) is 10.4. The fraction of sp³-hybridized carbons (Fsp3) is 0. The summed E-state index contributed by atoms with van der Waals surface area (Å²) in [5.41, 5.74) is 7.34. The van der Waals surface area contributed by atoms with Gasteiger partial charge in [0.15, 0.2) is 0 Å². The van der Waals surface area contributed by atoms with E-state index in [1.807, 2.05) is 0 Å². The second-order valence-electron chi connectivity index (χ2n) is 12.8. The van der Waals surface area contributed by atoms with E-state index in [9.17, 15) is 0 Å². The zero-order valence-corrected chi connectivity index (χ0v) is 25.4. The Morgan fingerprint density at radius 2 is 0.894 bits per heavy atom. The van der Waals surface area contributed by atoms with Gasteiger partial charge in [0.05, 0.1) is 0 Å². The normalized spacial score (nSPS) is 12.4. The molecule has 47 heavy (non-hydrogen) atoms. The molecule has 1 heteroatoms. The van der Waals surface area contributed by atoms with E-state index in [-0.39, 0.29) is 0 Å². The molecule has 0 radical (unpaired) electrons. The van der Waals surface area contributed by atoms with Gasteiger partial charge in [-0.05, 0) is 99.9 Å². The highest BCUT2D eigenvalue weighted by molar-refractivity contribution is 6.26. The van der Waals surface area contributed by atoms with Crippen molar-refractivity contribution < 1.29 is 4.74 Å². The van der Waals surface area contributed by atoms with Crippen LogP contribution in [0.2, 0.25) is 0 Å². The number of rotatable bonds is 2. The van der Waals surface area contributed by atoms with Crippen molar-refractivity contribution in [2.45, 2.75) is 0 Å². The fourth-order valence-electron chi connectivity index (χ4n) is 8.27. The Morgan fingerprint density at radius 1 is 0.298 bits per heavy atom. The quantitative estimate of drug-likeness (QED) is 0.181. The van der Waals surface area contributed by atoms with Crippen molar-refractivity contribution in [3.8, 4) is 44.9 Å². The number of hydrogen-bond donors (Lipinski definition) is 0. The van der Waals surface area contributed by atoms with E-state index in [1.165, 1.54) is 87.1 Å². The monoisotopic (exact) mass is 594 g/mol. The van der Waals surface area contributed by atoms with Crippen LogP contribution in [0.3, 0.4) is 0 Å². The zero-order valence-electron chi connectivity index (χ0n) is 25.4. The Balaban J connectivity index is 1.09. The molecule has 1 nitrogen and oxygen atoms in total. The van der Waals surface area contributed by atoms with Crippen LogP contribution >= 0.6 is 0 Å². The van der Waals surface area contributed by atoms with Gasteiger partial charge in [0.25, 0.3) is 0 Å². The maximum absolute atomic E-state index is 6.67. The molecule has 0 amide bonds. The third-order valence-corrected chi connectivity index (χ3v) is 10.4. The summed E-state index contributed by atoms with van der Waals surface area (Å²) >= 11 is 0. The van der Waals surface area contributed by atoms with E-state index >= 15 is 0 Å². The van der Waals surface area contributed by atoms with Gasteiger partial charge in [-0.25, -0.2) is 0 Å². The molecule has 11 rings (SSSR count). The first kappa shape index (κ1) is 25.1. The van der Waals surface area contributed by atoms with Crippen LogP contribution in [-0.4, -0.2) is 0 Å². The first-order chi connectivity index (χ1) is 23.3. The van der Waals surface area contributed by atoms with Crippen LogP contribution in [0.5, 0.6) is 11.5 Å². The van der Waals surface area contributed by atoms with Crippen LogP contribution in [0, 0.1) is 0 Å². The maximum Gasteiger partial charge on any atom is 0.143 e. The number of fused-ring (bicyclic) bond motifs is 5. The molecular formula is C46H26O. The number of ether oxygens (including phenoxy) is 1. The van der Waals surface area contributed by atoms with E-state index in [0.29, 0.717) is 0 Å². The van der Waals surface area contributed by atoms with Crippen LogP contribution in [-0.2, 0) is 0 Å². The average molecular weight is 595 g/mol. The van der Waals surface area contributed by atoms with Crippen molar-refractivity contribution in [3.05, 3.63) is 158 Å². The van der Waals surface area contributed by atoms with E-state index < -0.39 is 0 Å². The minimum atomic E-state index is 0.917. The van der Waals surface area contributed by atoms with Gasteiger partial charge in [-0.1, -0.05) is 140 Å². The van der Waals surface area contributed by atoms with Crippen LogP contribution in [0.4, 0.5) is 0 Å². The summed E-state index contributed by atoms with van der Waals surface area (Å²) < 4.78 is 6.67. The number of benzene rings is 10. The van der Waals surface area contributed by atoms with E-state index in [1.54, 1.807) is 0 Å². The molecule has 1 aliphatic rings. The van der Waals surface area contributed by atoms with Gasteiger partial charge >= 0.3 is 0 Å². The highest BCUT2D eigenvalue weighted by Gasteiger charge is 2.23. The Hall–Kier alpha value is -6.18. The van der Waals surface area contributed by atoms with Crippen molar-refractivity contribution in [1.82, 2.24) is 0 Å². The maximum atomic E-state index is 6.67. The predicted octanol–water partition coefficient (Wildman–Crippen LogP) is 13.2. The lowest BCUT2D eigenvalue weighted by atomic mass is 9.87. The summed E-state index contributed by atoms with van der Waals surface area (Å²) in [5.74, 6) is 1.86. The largest absolute Gasteiger partial charge is 0.455 e. The Labute approximate surface area is 271 Å². The Kier molecular flexibility index (Phi) is 4.90. The van der Waals surface area contributed by atoms with Crippen molar-refractivity contribution in [3.63, 3.8) is 0 Å². The molecule has 0 saturated heterocycles. The Bertz CT molecular complexity index is 2910. The molecule has 10 aromatic carbocycles. The summed E-state index contributed by atoms with van der Waals surface area (Å²) in [6.07, 6.45) is 0. The summed E-state index contributed by atoms with van der Waals surface area (Å²) in [4.78, 5) is 0. The molecule has 0 spiro atoms. The van der Waals surface area contributed by atoms with Gasteiger partial charge in [-0.3, -0.25) is 0 Å². The molecule has 0 aliphatic carbocycles. The smallest absolute Gasteiger partial charge is 0.143 e. The molecule has 0 N–H and O–H groups in total. The molecule has 10 aromatic rings. The topological polar surface area (TPSA) is 9.23 Å². The zero-order chi connectivity index (χ0) is 30.6. The van der Waals surface area contributed by atoms with Crippen molar-refractivity contribution in [2.24, 2.45) is 0 Å². The van der Waals surface area contributed by atoms with Crippen LogP contribution in [0.15, 0.2) is 158 Å². The summed E-state index contributed by atoms with van der Waals surface area (Å²) in [6.45, 7) is 0. The van der Waals surface area contributed by atoms with Crippen molar-refractivity contribution in [2.75, 3.05) is 0 Å². The highest BCUT2D eigenvalue weighted by Crippen LogP contribution is 2.51. The lowest BCUT2D eigenvalue weighted by molar-refractivity contribution is 0.493. The third kappa shape index (κ3) is 3.43. The predicted molar refractivity (Wildman–Crippen MR) is 199 cm³/mol. The van der Waals surface area contributed by atoms with Crippen molar-refractivity contribution >= 4 is 64.6 Å². The van der Waals surface area contributed by atoms with Gasteiger partial charge in [0, 0.05) is 16.3 Å². The minimum Gasteiger partial charge on any atom is -0.455 e. The first-order valence-corrected chi connectivity index (χ1v) is 16.3. The van der Waals surface area contributed by atoms with Crippen LogP contribution in [0.25, 0.3) is 98.0 Å². The molecule has 0 atom stereocenters. The molecule has 0 aromatic heterocycles. The van der Waals surface area contributed by atoms with Crippen LogP contribution in [0.1, 0.15) is 0 Å². The second kappa shape index (κ2) is 9.19. The Morgan fingerprint density at radius 3 is 1.83 bits per heavy atom. The molecule has 1 heterocycles. The first-order valence-electron chi connectivity index (χ1n) is 16.3. The molecule has 216 valence electrons.